The van der Waals surface area contributed by atoms with Gasteiger partial charge in [-0.15, -0.1) is 0 Å². The Morgan fingerprint density at radius 2 is 0.909 bits per heavy atom. The first-order valence-electron chi connectivity index (χ1n) is 29.9. The number of carbonyl (C=O) groups is 8. The van der Waals surface area contributed by atoms with Crippen molar-refractivity contribution in [3.63, 3.8) is 0 Å². The van der Waals surface area contributed by atoms with E-state index < -0.39 is 67.5 Å². The monoisotopic (exact) mass is 1240 g/mol. The Balaban J connectivity index is 1.14. The second-order valence-electron chi connectivity index (χ2n) is 20.7. The smallest absolute Gasteiger partial charge is 0.406 e. The lowest BCUT2D eigenvalue weighted by molar-refractivity contribution is -0.150. The molecule has 0 saturated heterocycles. The highest BCUT2D eigenvalue weighted by atomic mass is 31.2. The van der Waals surface area contributed by atoms with Gasteiger partial charge in [0.15, 0.2) is 0 Å². The maximum atomic E-state index is 14.5. The Labute approximate surface area is 513 Å². The number of pyridine rings is 1. The van der Waals surface area contributed by atoms with Gasteiger partial charge in [-0.1, -0.05) is 148 Å². The van der Waals surface area contributed by atoms with Gasteiger partial charge in [-0.2, -0.15) is 4.39 Å². The summed E-state index contributed by atoms with van der Waals surface area (Å²) in [7, 11) is -4.36. The molecule has 0 spiro atoms. The van der Waals surface area contributed by atoms with Gasteiger partial charge in [0.1, 0.15) is 44.6 Å². The molecule has 4 atom stereocenters. The summed E-state index contributed by atoms with van der Waals surface area (Å²) < 4.78 is 61.5. The molecule has 0 saturated carbocycles. The summed E-state index contributed by atoms with van der Waals surface area (Å²) in [6, 6.07) is 34.4. The lowest BCUT2D eigenvalue weighted by Gasteiger charge is -2.25. The summed E-state index contributed by atoms with van der Waals surface area (Å²) >= 11 is 0. The number of rotatable bonds is 43. The van der Waals surface area contributed by atoms with Crippen molar-refractivity contribution in [3.8, 4) is 0 Å². The zero-order valence-corrected chi connectivity index (χ0v) is 50.8. The summed E-state index contributed by atoms with van der Waals surface area (Å²) in [4.78, 5) is 109. The van der Waals surface area contributed by atoms with E-state index in [9.17, 15) is 47.3 Å². The number of esters is 4. The van der Waals surface area contributed by atoms with Gasteiger partial charge in [0.2, 0.25) is 23.7 Å². The van der Waals surface area contributed by atoms with E-state index in [0.717, 1.165) is 11.6 Å². The second kappa shape index (κ2) is 41.1. The number of hydrogen-bond acceptors (Lipinski definition) is 16. The minimum absolute atomic E-state index is 0.00436. The van der Waals surface area contributed by atoms with Crippen LogP contribution in [0.4, 0.5) is 4.39 Å². The Morgan fingerprint density at radius 1 is 0.466 bits per heavy atom. The number of carbonyl (C=O) groups excluding carboxylic acids is 8. The van der Waals surface area contributed by atoms with E-state index in [-0.39, 0.29) is 102 Å². The summed E-state index contributed by atoms with van der Waals surface area (Å²) in [5.41, 5.74) is 3.11. The fourth-order valence-corrected chi connectivity index (χ4v) is 10.1. The molecule has 88 heavy (non-hydrogen) atoms. The average molecular weight is 1240 g/mol. The molecule has 0 radical (unpaired) electrons. The second-order valence-corrected chi connectivity index (χ2v) is 22.5. The van der Waals surface area contributed by atoms with E-state index in [1.54, 1.807) is 91.0 Å². The van der Waals surface area contributed by atoms with Crippen LogP contribution in [0.15, 0.2) is 140 Å². The number of hydrogen-bond donors (Lipinski definition) is 5. The molecule has 21 nitrogen and oxygen atoms in total. The molecule has 0 bridgehead atoms. The van der Waals surface area contributed by atoms with E-state index in [1.807, 2.05) is 37.3 Å². The molecule has 4 aromatic carbocycles. The minimum atomic E-state index is -4.36. The fourth-order valence-electron chi connectivity index (χ4n) is 8.51. The van der Waals surface area contributed by atoms with Gasteiger partial charge in [-0.05, 0) is 92.2 Å². The van der Waals surface area contributed by atoms with Gasteiger partial charge >= 0.3 is 31.6 Å². The van der Waals surface area contributed by atoms with E-state index in [2.05, 4.69) is 31.3 Å². The van der Waals surface area contributed by atoms with Gasteiger partial charge in [-0.3, -0.25) is 37.8 Å². The molecule has 0 aliphatic carbocycles. The lowest BCUT2D eigenvalue weighted by atomic mass is 10.1. The summed E-state index contributed by atoms with van der Waals surface area (Å²) in [6.07, 6.45) is 5.23. The molecule has 4 amide bonds. The normalized spacial score (nSPS) is 12.7. The molecule has 5 N–H and O–H groups in total. The van der Waals surface area contributed by atoms with Crippen molar-refractivity contribution in [1.82, 2.24) is 31.3 Å². The number of unbranched alkanes of at least 4 members (excludes halogenated alkanes) is 5. The van der Waals surface area contributed by atoms with E-state index in [0.29, 0.717) is 87.6 Å². The van der Waals surface area contributed by atoms with Crippen molar-refractivity contribution in [2.75, 3.05) is 26.3 Å². The van der Waals surface area contributed by atoms with Gasteiger partial charge in [0.05, 0.1) is 18.8 Å². The number of nitrogens with one attached hydrogen (secondary N) is 5. The van der Waals surface area contributed by atoms with Crippen LogP contribution in [0.3, 0.4) is 0 Å². The third kappa shape index (κ3) is 29.5. The number of aromatic nitrogens is 1. The Hall–Kier alpha value is -8.17. The topological polar surface area (TPSA) is 282 Å². The number of amides is 4. The molecule has 23 heteroatoms. The van der Waals surface area contributed by atoms with E-state index in [4.69, 9.17) is 28.0 Å². The molecule has 0 fully saturated rings. The van der Waals surface area contributed by atoms with E-state index >= 15 is 0 Å². The molecule has 1 aromatic heterocycles. The standard InChI is InChI=1S/C65H82FN6O15P/c1-2-3-42-86-88(81,72-56(65(80)85-48-52-29-16-7-17-30-52)36-39-61(76)82-45-49-23-10-4-11-24-49)87-43-22-31-54(63(78)83-46-50-25-12-5-13-26-50)70-60(75)38-35-55(64(79)84-47-51-27-14-6-15-28-51)71-59(74)33-19-9-20-40-67-58(73)32-18-8-21-41-68-62(77)53-34-37-57(66)69-44-53/h4-7,10-17,23-30,34,37,44,54-56H,2-3,8-9,18-22,31-33,35-36,38-43,45-48H2,1H3,(H,67,73)(H,68,77)(H,70,75)(H,71,74)(H,72,81)/t54-,55-,56-,88?/m0/s1. The van der Waals surface area contributed by atoms with Crippen LogP contribution in [0.1, 0.15) is 142 Å². The van der Waals surface area contributed by atoms with Gasteiger partial charge in [0.25, 0.3) is 5.91 Å². The van der Waals surface area contributed by atoms with Gasteiger partial charge in [-0.25, -0.2) is 24.2 Å². The summed E-state index contributed by atoms with van der Waals surface area (Å²) in [5.74, 6) is -5.25. The number of ether oxygens (including phenoxy) is 4. The Morgan fingerprint density at radius 3 is 1.41 bits per heavy atom. The number of benzene rings is 4. The maximum Gasteiger partial charge on any atom is 0.406 e. The first-order valence-corrected chi connectivity index (χ1v) is 31.5. The highest BCUT2D eigenvalue weighted by Crippen LogP contribution is 2.45. The highest BCUT2D eigenvalue weighted by molar-refractivity contribution is 7.51. The third-order valence-corrected chi connectivity index (χ3v) is 15.1. The van der Waals surface area contributed by atoms with Crippen LogP contribution < -0.4 is 26.4 Å². The Kier molecular flexibility index (Phi) is 32.9. The maximum absolute atomic E-state index is 14.5. The van der Waals surface area contributed by atoms with Crippen LogP contribution >= 0.6 is 7.75 Å². The van der Waals surface area contributed by atoms with Crippen LogP contribution in [0.25, 0.3) is 0 Å². The van der Waals surface area contributed by atoms with Crippen molar-refractivity contribution >= 4 is 55.3 Å². The van der Waals surface area contributed by atoms with Crippen LogP contribution in [0, 0.1) is 5.95 Å². The van der Waals surface area contributed by atoms with Crippen LogP contribution in [-0.4, -0.2) is 96.9 Å². The molecular weight excluding hydrogens is 1150 g/mol. The molecular formula is C65H82FN6O15P. The highest BCUT2D eigenvalue weighted by Gasteiger charge is 2.34. The Bertz CT molecular complexity index is 2950. The predicted molar refractivity (Wildman–Crippen MR) is 324 cm³/mol. The molecule has 0 aliphatic heterocycles. The van der Waals surface area contributed by atoms with E-state index in [1.165, 1.54) is 12.3 Å². The van der Waals surface area contributed by atoms with Crippen molar-refractivity contribution in [2.45, 2.75) is 154 Å². The van der Waals surface area contributed by atoms with Gasteiger partial charge in [0, 0.05) is 45.0 Å². The van der Waals surface area contributed by atoms with Crippen LogP contribution in [0.5, 0.6) is 0 Å². The molecule has 5 aromatic rings. The largest absolute Gasteiger partial charge is 0.461 e. The quantitative estimate of drug-likeness (QED) is 0.00798. The van der Waals surface area contributed by atoms with Crippen LogP contribution in [-0.2, 0) is 92.5 Å². The van der Waals surface area contributed by atoms with Crippen molar-refractivity contribution in [3.05, 3.63) is 173 Å². The third-order valence-electron chi connectivity index (χ3n) is 13.5. The van der Waals surface area contributed by atoms with Crippen molar-refractivity contribution < 1.29 is 75.3 Å². The molecule has 0 aliphatic rings. The van der Waals surface area contributed by atoms with Crippen molar-refractivity contribution in [1.29, 1.82) is 0 Å². The first kappa shape index (κ1) is 70.6. The lowest BCUT2D eigenvalue weighted by Crippen LogP contribution is -2.45. The predicted octanol–water partition coefficient (Wildman–Crippen LogP) is 9.37. The SMILES string of the molecule is CCCCOP(=O)(N[C@@H](CCC(=O)OCc1ccccc1)C(=O)OCc1ccccc1)OCCC[C@H](NC(=O)CC[C@H](NC(=O)CCCCCNC(=O)CCCCCNC(=O)c1ccc(F)nc1)C(=O)OCc1ccccc1)C(=O)OCc1ccccc1. The van der Waals surface area contributed by atoms with Crippen molar-refractivity contribution in [2.24, 2.45) is 0 Å². The zero-order valence-electron chi connectivity index (χ0n) is 49.9. The molecule has 1 unspecified atom stereocenters. The number of nitrogens with zero attached hydrogens (tertiary/aromatic N) is 1. The first-order chi connectivity index (χ1) is 42.7. The van der Waals surface area contributed by atoms with Crippen LogP contribution in [0.2, 0.25) is 0 Å². The number of halogens is 1. The summed E-state index contributed by atoms with van der Waals surface area (Å²) in [6.45, 7) is 2.07. The minimum Gasteiger partial charge on any atom is -0.461 e. The summed E-state index contributed by atoms with van der Waals surface area (Å²) in [5, 5.41) is 13.7. The average Bonchev–Trinajstić information content (AvgIpc) is 3.73. The zero-order chi connectivity index (χ0) is 63.0. The molecule has 474 valence electrons. The van der Waals surface area contributed by atoms with Gasteiger partial charge < -0.3 is 40.2 Å². The fraction of sp³-hybridized carbons (Fsp3) is 0.431. The molecule has 1 heterocycles. The molecule has 5 rings (SSSR count).